The number of carbonyl (C=O) groups excluding carboxylic acids is 1. The third kappa shape index (κ3) is 2.38. The maximum atomic E-state index is 10.6. The number of nitrogens with zero attached hydrogens (tertiary/aromatic N) is 1. The Labute approximate surface area is 101 Å². The topological polar surface area (TPSA) is 33.5 Å². The first-order valence-electron chi connectivity index (χ1n) is 5.47. The van der Waals surface area contributed by atoms with Crippen molar-refractivity contribution in [2.24, 2.45) is 0 Å². The van der Waals surface area contributed by atoms with E-state index in [0.717, 1.165) is 5.69 Å². The summed E-state index contributed by atoms with van der Waals surface area (Å²) >= 11 is 0. The van der Waals surface area contributed by atoms with Crippen molar-refractivity contribution >= 4 is 17.9 Å². The maximum absolute atomic E-state index is 10.6. The van der Waals surface area contributed by atoms with Gasteiger partial charge in [-0.25, -0.2) is 0 Å². The summed E-state index contributed by atoms with van der Waals surface area (Å²) in [5.41, 5.74) is 3.46. The second kappa shape index (κ2) is 4.45. The van der Waals surface area contributed by atoms with Gasteiger partial charge in [0.1, 0.15) is 0 Å². The molecule has 2 aromatic rings. The van der Waals surface area contributed by atoms with Crippen LogP contribution in [-0.2, 0) is 0 Å². The first-order chi connectivity index (χ1) is 8.10. The average Bonchev–Trinajstić information content (AvgIpc) is 2.75. The van der Waals surface area contributed by atoms with Crippen molar-refractivity contribution in [2.45, 2.75) is 13.8 Å². The van der Waals surface area contributed by atoms with Crippen LogP contribution in [0.15, 0.2) is 34.7 Å². The van der Waals surface area contributed by atoms with Crippen LogP contribution in [0.4, 0.5) is 11.6 Å². The van der Waals surface area contributed by atoms with Gasteiger partial charge in [0.2, 0.25) is 0 Å². The van der Waals surface area contributed by atoms with E-state index in [1.807, 2.05) is 11.9 Å². The molecule has 1 heterocycles. The summed E-state index contributed by atoms with van der Waals surface area (Å²) in [5.74, 6) is 1.01. The molecule has 1 aromatic heterocycles. The van der Waals surface area contributed by atoms with E-state index in [-0.39, 0.29) is 0 Å². The van der Waals surface area contributed by atoms with Gasteiger partial charge in [-0.1, -0.05) is 6.07 Å². The van der Waals surface area contributed by atoms with Gasteiger partial charge in [-0.15, -0.1) is 0 Å². The molecule has 3 heteroatoms. The maximum Gasteiger partial charge on any atom is 0.200 e. The molecule has 0 aliphatic rings. The lowest BCUT2D eigenvalue weighted by atomic mass is 10.1. The van der Waals surface area contributed by atoms with E-state index in [2.05, 4.69) is 32.0 Å². The average molecular weight is 229 g/mol. The Hall–Kier alpha value is -2.03. The van der Waals surface area contributed by atoms with Crippen LogP contribution >= 0.6 is 0 Å². The first kappa shape index (κ1) is 11.5. The molecule has 0 N–H and O–H groups in total. The number of aldehydes is 1. The Balaban J connectivity index is 2.35. The monoisotopic (exact) mass is 229 g/mol. The lowest BCUT2D eigenvalue weighted by Gasteiger charge is -2.17. The zero-order chi connectivity index (χ0) is 12.4. The summed E-state index contributed by atoms with van der Waals surface area (Å²) < 4.78 is 5.39. The van der Waals surface area contributed by atoms with Gasteiger partial charge in [0.25, 0.3) is 0 Å². The molecule has 1 aromatic carbocycles. The van der Waals surface area contributed by atoms with E-state index < -0.39 is 0 Å². The summed E-state index contributed by atoms with van der Waals surface area (Å²) in [5, 5.41) is 0. The van der Waals surface area contributed by atoms with Crippen LogP contribution in [0, 0.1) is 13.8 Å². The smallest absolute Gasteiger partial charge is 0.200 e. The molecule has 0 radical (unpaired) electrons. The van der Waals surface area contributed by atoms with Crippen molar-refractivity contribution in [3.8, 4) is 0 Å². The predicted octanol–water partition coefficient (Wildman–Crippen LogP) is 3.48. The third-order valence-electron chi connectivity index (χ3n) is 2.65. The number of carbonyl (C=O) groups is 1. The Morgan fingerprint density at radius 3 is 2.29 bits per heavy atom. The van der Waals surface area contributed by atoms with E-state index in [0.29, 0.717) is 17.9 Å². The molecule has 0 aliphatic heterocycles. The molecule has 0 aliphatic carbocycles. The molecule has 0 bridgehead atoms. The van der Waals surface area contributed by atoms with Crippen LogP contribution < -0.4 is 4.90 Å². The Bertz CT molecular complexity index is 523. The van der Waals surface area contributed by atoms with Crippen LogP contribution in [0.25, 0.3) is 0 Å². The largest absolute Gasteiger partial charge is 0.437 e. The van der Waals surface area contributed by atoms with Crippen molar-refractivity contribution in [1.29, 1.82) is 0 Å². The van der Waals surface area contributed by atoms with Gasteiger partial charge in [-0.05, 0) is 43.2 Å². The molecule has 0 saturated carbocycles. The summed E-state index contributed by atoms with van der Waals surface area (Å²) in [4.78, 5) is 12.5. The normalized spacial score (nSPS) is 10.3. The van der Waals surface area contributed by atoms with Crippen molar-refractivity contribution < 1.29 is 9.21 Å². The minimum Gasteiger partial charge on any atom is -0.437 e. The molecule has 0 saturated heterocycles. The number of furan rings is 1. The highest BCUT2D eigenvalue weighted by Gasteiger charge is 2.09. The molecule has 3 nitrogen and oxygen atoms in total. The zero-order valence-corrected chi connectivity index (χ0v) is 10.2. The van der Waals surface area contributed by atoms with Crippen LogP contribution in [0.3, 0.4) is 0 Å². The van der Waals surface area contributed by atoms with E-state index in [1.54, 1.807) is 12.1 Å². The van der Waals surface area contributed by atoms with Gasteiger partial charge < -0.3 is 9.32 Å². The second-order valence-electron chi connectivity index (χ2n) is 4.20. The Morgan fingerprint density at radius 1 is 1.12 bits per heavy atom. The Kier molecular flexibility index (Phi) is 3.00. The molecule has 17 heavy (non-hydrogen) atoms. The lowest BCUT2D eigenvalue weighted by molar-refractivity contribution is 0.110. The summed E-state index contributed by atoms with van der Waals surface area (Å²) in [7, 11) is 1.92. The van der Waals surface area contributed by atoms with Gasteiger partial charge in [-0.3, -0.25) is 4.79 Å². The van der Waals surface area contributed by atoms with Crippen LogP contribution in [-0.4, -0.2) is 13.3 Å². The number of benzene rings is 1. The zero-order valence-electron chi connectivity index (χ0n) is 10.2. The second-order valence-corrected chi connectivity index (χ2v) is 4.20. The van der Waals surface area contributed by atoms with Gasteiger partial charge >= 0.3 is 0 Å². The molecule has 0 spiro atoms. The van der Waals surface area contributed by atoms with E-state index >= 15 is 0 Å². The molecular weight excluding hydrogens is 214 g/mol. The highest BCUT2D eigenvalue weighted by Crippen LogP contribution is 2.26. The molecule has 0 fully saturated rings. The van der Waals surface area contributed by atoms with Crippen LogP contribution in [0.1, 0.15) is 21.7 Å². The molecule has 0 amide bonds. The SMILES string of the molecule is Cc1cc(C)cc(N(C)c2ccc(C=O)o2)c1. The van der Waals surface area contributed by atoms with Gasteiger partial charge in [0.05, 0.1) is 0 Å². The third-order valence-corrected chi connectivity index (χ3v) is 2.65. The predicted molar refractivity (Wildman–Crippen MR) is 68.1 cm³/mol. The van der Waals surface area contributed by atoms with E-state index in [9.17, 15) is 4.79 Å². The van der Waals surface area contributed by atoms with Crippen molar-refractivity contribution in [2.75, 3.05) is 11.9 Å². The fourth-order valence-corrected chi connectivity index (χ4v) is 1.86. The summed E-state index contributed by atoms with van der Waals surface area (Å²) in [6.07, 6.45) is 0.707. The minimum atomic E-state index is 0.344. The van der Waals surface area contributed by atoms with Gasteiger partial charge in [0, 0.05) is 18.8 Å². The molecule has 0 unspecified atom stereocenters. The number of aryl methyl sites for hydroxylation is 2. The fourth-order valence-electron chi connectivity index (χ4n) is 1.86. The highest BCUT2D eigenvalue weighted by atomic mass is 16.4. The minimum absolute atomic E-state index is 0.344. The number of rotatable bonds is 3. The lowest BCUT2D eigenvalue weighted by Crippen LogP contribution is -2.08. The van der Waals surface area contributed by atoms with Crippen LogP contribution in [0.5, 0.6) is 0 Å². The molecule has 88 valence electrons. The standard InChI is InChI=1S/C14H15NO2/c1-10-6-11(2)8-12(7-10)15(3)14-5-4-13(9-16)17-14/h4-9H,1-3H3. The van der Waals surface area contributed by atoms with Crippen molar-refractivity contribution in [3.63, 3.8) is 0 Å². The Morgan fingerprint density at radius 2 is 1.76 bits per heavy atom. The van der Waals surface area contributed by atoms with Crippen molar-refractivity contribution in [3.05, 3.63) is 47.2 Å². The molecular formula is C14H15NO2. The van der Waals surface area contributed by atoms with Crippen molar-refractivity contribution in [1.82, 2.24) is 0 Å². The molecule has 0 atom stereocenters. The summed E-state index contributed by atoms with van der Waals surface area (Å²) in [6, 6.07) is 9.74. The van der Waals surface area contributed by atoms with Gasteiger partial charge in [0.15, 0.2) is 17.9 Å². The number of anilines is 2. The van der Waals surface area contributed by atoms with E-state index in [1.165, 1.54) is 11.1 Å². The first-order valence-corrected chi connectivity index (χ1v) is 5.47. The number of hydrogen-bond donors (Lipinski definition) is 0. The highest BCUT2D eigenvalue weighted by molar-refractivity contribution is 5.72. The quantitative estimate of drug-likeness (QED) is 0.755. The van der Waals surface area contributed by atoms with E-state index in [4.69, 9.17) is 4.42 Å². The number of hydrogen-bond acceptors (Lipinski definition) is 3. The fraction of sp³-hybridized carbons (Fsp3) is 0.214. The summed E-state index contributed by atoms with van der Waals surface area (Å²) in [6.45, 7) is 4.12. The van der Waals surface area contributed by atoms with Gasteiger partial charge in [-0.2, -0.15) is 0 Å². The molecule has 2 rings (SSSR count). The van der Waals surface area contributed by atoms with Crippen LogP contribution in [0.2, 0.25) is 0 Å².